The average Bonchev–Trinajstić information content (AvgIpc) is 3.29. The Kier molecular flexibility index (Phi) is 11.2. The van der Waals surface area contributed by atoms with Crippen molar-refractivity contribution in [2.75, 3.05) is 0 Å². The van der Waals surface area contributed by atoms with Crippen LogP contribution in [0.3, 0.4) is 0 Å². The van der Waals surface area contributed by atoms with Crippen LogP contribution in [0.4, 0.5) is 0 Å². The van der Waals surface area contributed by atoms with Crippen molar-refractivity contribution in [3.8, 4) is 0 Å². The quantitative estimate of drug-likeness (QED) is 0.207. The van der Waals surface area contributed by atoms with Crippen molar-refractivity contribution in [2.45, 2.75) is 115 Å². The van der Waals surface area contributed by atoms with Crippen LogP contribution >= 0.6 is 0 Å². The number of aryl methyl sites for hydroxylation is 1. The summed E-state index contributed by atoms with van der Waals surface area (Å²) < 4.78 is 50.5. The predicted molar refractivity (Wildman–Crippen MR) is 155 cm³/mol. The standard InChI is InChI=1S/C16H20NO3S2.3C4H9.Sn/c1-13-9-11-15(12-10-13)22(19,20)17-21(18,16(2,3)4)14-7-5-6-8-14;3*1-3-4-2;/h5-7,9-12,14H,1-4H3;3*1,3-4H2,2H3;. The predicted octanol–water partition coefficient (Wildman–Crippen LogP) is 8.20. The molecule has 1 aromatic carbocycles. The summed E-state index contributed by atoms with van der Waals surface area (Å²) in [6.07, 6.45) is 13.3. The fraction of sp³-hybridized carbons (Fsp3) is 0.643. The van der Waals surface area contributed by atoms with Gasteiger partial charge in [0.15, 0.2) is 0 Å². The summed E-state index contributed by atoms with van der Waals surface area (Å²) >= 11 is -2.95. The Morgan fingerprint density at radius 1 is 0.857 bits per heavy atom. The minimum absolute atomic E-state index is 0.116. The van der Waals surface area contributed by atoms with Crippen molar-refractivity contribution in [3.05, 3.63) is 51.6 Å². The van der Waals surface area contributed by atoms with Gasteiger partial charge in [-0.1, -0.05) is 0 Å². The van der Waals surface area contributed by atoms with Crippen LogP contribution in [-0.2, 0) is 19.8 Å². The zero-order valence-corrected chi connectivity index (χ0v) is 27.5. The Morgan fingerprint density at radius 3 is 1.77 bits per heavy atom. The van der Waals surface area contributed by atoms with Crippen molar-refractivity contribution in [1.29, 1.82) is 0 Å². The fourth-order valence-electron chi connectivity index (χ4n) is 5.01. The van der Waals surface area contributed by atoms with Crippen LogP contribution in [0, 0.1) is 6.92 Å². The average molecular weight is 629 g/mol. The zero-order chi connectivity index (χ0) is 26.3. The van der Waals surface area contributed by atoms with Gasteiger partial charge in [-0.3, -0.25) is 0 Å². The van der Waals surface area contributed by atoms with E-state index in [4.69, 9.17) is 0 Å². The second-order valence-electron chi connectivity index (χ2n) is 11.1. The van der Waals surface area contributed by atoms with Crippen LogP contribution in [0.5, 0.6) is 0 Å². The number of rotatable bonds is 13. The first-order valence-electron chi connectivity index (χ1n) is 13.3. The molecule has 1 aromatic rings. The van der Waals surface area contributed by atoms with Crippen molar-refractivity contribution >= 4 is 38.1 Å². The molecule has 0 heterocycles. The Labute approximate surface area is 220 Å². The third-order valence-corrected chi connectivity index (χ3v) is 29.3. The van der Waals surface area contributed by atoms with Crippen LogP contribution in [-0.4, -0.2) is 41.0 Å². The molecule has 0 N–H and O–H groups in total. The second kappa shape index (κ2) is 12.8. The first kappa shape index (κ1) is 30.6. The minimum atomic E-state index is -4.06. The molecule has 2 rings (SSSR count). The van der Waals surface area contributed by atoms with Crippen molar-refractivity contribution in [1.82, 2.24) is 0 Å². The Morgan fingerprint density at radius 2 is 1.34 bits per heavy atom. The van der Waals surface area contributed by atoms with Gasteiger partial charge >= 0.3 is 221 Å². The molecule has 2 atom stereocenters. The van der Waals surface area contributed by atoms with Gasteiger partial charge in [0.25, 0.3) is 0 Å². The molecule has 0 saturated carbocycles. The van der Waals surface area contributed by atoms with Gasteiger partial charge in [-0.05, 0) is 0 Å². The Balaban J connectivity index is 2.71. The molecule has 4 nitrogen and oxygen atoms in total. The maximum atomic E-state index is 14.9. The summed E-state index contributed by atoms with van der Waals surface area (Å²) in [4.78, 5) is 0.116. The van der Waals surface area contributed by atoms with Crippen molar-refractivity contribution in [3.63, 3.8) is 0 Å². The van der Waals surface area contributed by atoms with E-state index in [2.05, 4.69) is 30.6 Å². The number of allylic oxidation sites excluding steroid dienone is 2. The third-order valence-electron chi connectivity index (χ3n) is 7.26. The van der Waals surface area contributed by atoms with Gasteiger partial charge in [0.2, 0.25) is 0 Å². The molecule has 0 bridgehead atoms. The zero-order valence-electron chi connectivity index (χ0n) is 23.0. The van der Waals surface area contributed by atoms with Crippen LogP contribution in [0.1, 0.15) is 85.6 Å². The monoisotopic (exact) mass is 629 g/mol. The summed E-state index contributed by atoms with van der Waals surface area (Å²) in [5.41, 5.74) is 0.978. The molecule has 7 heteroatoms. The molecule has 35 heavy (non-hydrogen) atoms. The number of sulfonamides is 1. The van der Waals surface area contributed by atoms with Gasteiger partial charge in [-0.15, -0.1) is 0 Å². The molecule has 0 aliphatic heterocycles. The van der Waals surface area contributed by atoms with Crippen molar-refractivity contribution < 1.29 is 12.6 Å². The SMILES string of the molecule is CCC[CH2][Sn]([CH2]CCC)([CH2]CCC)[C]1=CC=CC1S(=O)(=NS(=O)(=O)c1ccc(C)cc1)C(C)(C)C. The number of unbranched alkanes of at least 4 members (excludes halogenated alkanes) is 3. The van der Waals surface area contributed by atoms with E-state index in [0.717, 1.165) is 24.8 Å². The molecule has 0 amide bonds. The molecule has 0 saturated heterocycles. The van der Waals surface area contributed by atoms with E-state index in [1.807, 2.05) is 39.8 Å². The van der Waals surface area contributed by atoms with E-state index in [9.17, 15) is 12.6 Å². The van der Waals surface area contributed by atoms with E-state index in [-0.39, 0.29) is 4.90 Å². The van der Waals surface area contributed by atoms with Crippen LogP contribution in [0.15, 0.2) is 54.7 Å². The van der Waals surface area contributed by atoms with Gasteiger partial charge < -0.3 is 0 Å². The van der Waals surface area contributed by atoms with Crippen LogP contribution in [0.2, 0.25) is 13.3 Å². The van der Waals surface area contributed by atoms with E-state index in [0.29, 0.717) is 0 Å². The summed E-state index contributed by atoms with van der Waals surface area (Å²) in [6, 6.07) is 6.68. The first-order chi connectivity index (χ1) is 16.4. The molecule has 2 unspecified atom stereocenters. The molecular weight excluding hydrogens is 581 g/mol. The summed E-state index contributed by atoms with van der Waals surface area (Å²) in [7, 11) is -7.24. The summed E-state index contributed by atoms with van der Waals surface area (Å²) in [5, 5.41) is -0.413. The maximum absolute atomic E-state index is 14.9. The van der Waals surface area contributed by atoms with Gasteiger partial charge in [0.05, 0.1) is 0 Å². The number of benzene rings is 1. The number of hydrogen-bond acceptors (Lipinski definition) is 3. The molecule has 0 radical (unpaired) electrons. The van der Waals surface area contributed by atoms with Gasteiger partial charge in [0, 0.05) is 0 Å². The van der Waals surface area contributed by atoms with E-state index in [1.54, 1.807) is 24.3 Å². The van der Waals surface area contributed by atoms with E-state index >= 15 is 0 Å². The summed E-state index contributed by atoms with van der Waals surface area (Å²) in [5.74, 6) is 0. The normalized spacial score (nSPS) is 18.4. The Bertz CT molecular complexity index is 1100. The molecule has 198 valence electrons. The van der Waals surface area contributed by atoms with E-state index in [1.165, 1.54) is 36.2 Å². The third kappa shape index (κ3) is 7.25. The molecular formula is C28H47NO3S2Sn. The van der Waals surface area contributed by atoms with Crippen LogP contribution < -0.4 is 0 Å². The second-order valence-corrected chi connectivity index (χ2v) is 29.2. The van der Waals surface area contributed by atoms with Gasteiger partial charge in [-0.2, -0.15) is 0 Å². The fourth-order valence-corrected chi connectivity index (χ4v) is 29.5. The topological polar surface area (TPSA) is 63.6 Å². The van der Waals surface area contributed by atoms with Gasteiger partial charge in [0.1, 0.15) is 0 Å². The molecule has 0 fully saturated rings. The molecule has 0 aromatic heterocycles. The Hall–Kier alpha value is -0.601. The van der Waals surface area contributed by atoms with Crippen LogP contribution in [0.25, 0.3) is 0 Å². The molecule has 1 aliphatic rings. The van der Waals surface area contributed by atoms with E-state index < -0.39 is 48.1 Å². The first-order valence-corrected chi connectivity index (χ1v) is 23.8. The van der Waals surface area contributed by atoms with Crippen molar-refractivity contribution in [2.24, 2.45) is 3.77 Å². The van der Waals surface area contributed by atoms with Gasteiger partial charge in [-0.25, -0.2) is 0 Å². The molecule has 1 aliphatic carbocycles. The summed E-state index contributed by atoms with van der Waals surface area (Å²) in [6.45, 7) is 14.3. The molecule has 0 spiro atoms. The number of nitrogens with zero attached hydrogens (tertiary/aromatic N) is 1. The number of hydrogen-bond donors (Lipinski definition) is 0.